The fourth-order valence-corrected chi connectivity index (χ4v) is 3.99. The Hall–Kier alpha value is -2.55. The molecule has 2 N–H and O–H groups in total. The number of nitrogens with one attached hydrogen (secondary N) is 1. The van der Waals surface area contributed by atoms with Crippen molar-refractivity contribution in [3.05, 3.63) is 41.6 Å². The number of carboxylic acids is 1. The van der Waals surface area contributed by atoms with Gasteiger partial charge in [-0.15, -0.1) is 11.8 Å². The van der Waals surface area contributed by atoms with Crippen LogP contribution in [0.2, 0.25) is 0 Å². The van der Waals surface area contributed by atoms with E-state index in [0.29, 0.717) is 5.75 Å². The summed E-state index contributed by atoms with van der Waals surface area (Å²) in [5, 5.41) is 11.2. The first-order valence-corrected chi connectivity index (χ1v) is 8.51. The number of carbonyl (C=O) groups excluding carboxylic acids is 2. The van der Waals surface area contributed by atoms with Gasteiger partial charge in [0.2, 0.25) is 0 Å². The molecule has 1 fully saturated rings. The summed E-state index contributed by atoms with van der Waals surface area (Å²) in [5.74, 6) is -1.70. The van der Waals surface area contributed by atoms with Gasteiger partial charge in [0, 0.05) is 11.3 Å². The maximum Gasteiger partial charge on any atom is 0.352 e. The molecule has 9 heteroatoms. The number of hydrogen-bond donors (Lipinski definition) is 2. The maximum absolute atomic E-state index is 13.0. The van der Waals surface area contributed by atoms with Crippen molar-refractivity contribution >= 4 is 29.5 Å². The minimum absolute atomic E-state index is 0.0688. The van der Waals surface area contributed by atoms with Crippen LogP contribution in [0.25, 0.3) is 0 Å². The van der Waals surface area contributed by atoms with Crippen molar-refractivity contribution < 1.29 is 28.6 Å². The Kier molecular flexibility index (Phi) is 4.93. The second-order valence-electron chi connectivity index (χ2n) is 5.45. The Morgan fingerprint density at radius 1 is 1.36 bits per heavy atom. The molecule has 2 heterocycles. The zero-order chi connectivity index (χ0) is 18.0. The van der Waals surface area contributed by atoms with Crippen molar-refractivity contribution in [1.29, 1.82) is 0 Å². The fraction of sp³-hybridized carbons (Fsp3) is 0.312. The molecule has 2 atom stereocenters. The van der Waals surface area contributed by atoms with Crippen molar-refractivity contribution in [1.82, 2.24) is 10.2 Å². The lowest BCUT2D eigenvalue weighted by atomic mass is 10.0. The van der Waals surface area contributed by atoms with Crippen LogP contribution in [0.15, 0.2) is 41.6 Å². The number of aliphatic carboxylic acids is 1. The van der Waals surface area contributed by atoms with E-state index >= 15 is 0 Å². The number of halogens is 1. The van der Waals surface area contributed by atoms with Crippen molar-refractivity contribution in [2.24, 2.45) is 0 Å². The van der Waals surface area contributed by atoms with Crippen molar-refractivity contribution in [3.8, 4) is 5.75 Å². The molecule has 0 spiro atoms. The molecule has 0 saturated carbocycles. The SMILES string of the molecule is O=C(COc1ccccc1)NC1C(=O)N2C(C(=O)O)=C(CF)CS[C@@H]12. The minimum Gasteiger partial charge on any atom is -0.484 e. The molecule has 2 aliphatic heterocycles. The Bertz CT molecular complexity index is 739. The Morgan fingerprint density at radius 2 is 2.08 bits per heavy atom. The largest absolute Gasteiger partial charge is 0.484 e. The highest BCUT2D eigenvalue weighted by molar-refractivity contribution is 8.00. The molecule has 0 aromatic heterocycles. The Balaban J connectivity index is 1.61. The topological polar surface area (TPSA) is 95.9 Å². The molecule has 0 bridgehead atoms. The molecule has 25 heavy (non-hydrogen) atoms. The summed E-state index contributed by atoms with van der Waals surface area (Å²) in [5.41, 5.74) is -0.249. The number of amides is 2. The first-order chi connectivity index (χ1) is 12.0. The second-order valence-corrected chi connectivity index (χ2v) is 6.55. The van der Waals surface area contributed by atoms with Crippen LogP contribution in [0.1, 0.15) is 0 Å². The van der Waals surface area contributed by atoms with Gasteiger partial charge in [-0.05, 0) is 12.1 Å². The third-order valence-corrected chi connectivity index (χ3v) is 5.18. The second kappa shape index (κ2) is 7.14. The van der Waals surface area contributed by atoms with Gasteiger partial charge in [0.05, 0.1) is 0 Å². The van der Waals surface area contributed by atoms with Crippen LogP contribution in [0.4, 0.5) is 4.39 Å². The highest BCUT2D eigenvalue weighted by atomic mass is 32.2. The summed E-state index contributed by atoms with van der Waals surface area (Å²) >= 11 is 1.22. The summed E-state index contributed by atoms with van der Waals surface area (Å²) in [4.78, 5) is 36.5. The smallest absolute Gasteiger partial charge is 0.352 e. The fourth-order valence-electron chi connectivity index (χ4n) is 2.67. The van der Waals surface area contributed by atoms with Crippen molar-refractivity contribution in [3.63, 3.8) is 0 Å². The summed E-state index contributed by atoms with van der Waals surface area (Å²) < 4.78 is 18.3. The lowest BCUT2D eigenvalue weighted by Crippen LogP contribution is -2.70. The van der Waals surface area contributed by atoms with Crippen LogP contribution in [0, 0.1) is 0 Å². The summed E-state index contributed by atoms with van der Waals surface area (Å²) in [6.45, 7) is -1.18. The molecule has 1 aromatic carbocycles. The average Bonchev–Trinajstić information content (AvgIpc) is 2.63. The Morgan fingerprint density at radius 3 is 2.72 bits per heavy atom. The van der Waals surface area contributed by atoms with Gasteiger partial charge in [0.1, 0.15) is 29.5 Å². The van der Waals surface area contributed by atoms with Gasteiger partial charge >= 0.3 is 5.97 Å². The van der Waals surface area contributed by atoms with Gasteiger partial charge in [-0.25, -0.2) is 9.18 Å². The van der Waals surface area contributed by atoms with Crippen LogP contribution < -0.4 is 10.1 Å². The number of ether oxygens (including phenoxy) is 1. The van der Waals surface area contributed by atoms with Gasteiger partial charge in [0.25, 0.3) is 11.8 Å². The van der Waals surface area contributed by atoms with Crippen LogP contribution >= 0.6 is 11.8 Å². The molecular weight excluding hydrogens is 351 g/mol. The third kappa shape index (κ3) is 3.32. The molecular formula is C16H15FN2O5S. The molecule has 2 aliphatic rings. The highest BCUT2D eigenvalue weighted by Crippen LogP contribution is 2.40. The standard InChI is InChI=1S/C16H15FN2O5S/c17-6-9-8-25-15-12(14(21)19(15)13(9)16(22)23)18-11(20)7-24-10-4-2-1-3-5-10/h1-5,12,15H,6-8H2,(H,18,20)(H,22,23)/t12?,15-/m0/s1. The molecule has 7 nitrogen and oxygen atoms in total. The van der Waals surface area contributed by atoms with E-state index in [1.165, 1.54) is 11.8 Å². The number of fused-ring (bicyclic) bond motifs is 1. The van der Waals surface area contributed by atoms with Gasteiger partial charge in [-0.2, -0.15) is 0 Å². The van der Waals surface area contributed by atoms with E-state index in [1.54, 1.807) is 24.3 Å². The number of hydrogen-bond acceptors (Lipinski definition) is 5. The predicted octanol–water partition coefficient (Wildman–Crippen LogP) is 0.773. The number of rotatable bonds is 6. The monoisotopic (exact) mass is 366 g/mol. The normalized spacial score (nSPS) is 22.1. The molecule has 0 radical (unpaired) electrons. The molecule has 3 rings (SSSR count). The van der Waals surface area contributed by atoms with E-state index in [9.17, 15) is 23.9 Å². The molecule has 1 unspecified atom stereocenters. The van der Waals surface area contributed by atoms with E-state index < -0.39 is 35.9 Å². The maximum atomic E-state index is 13.0. The van der Waals surface area contributed by atoms with E-state index in [-0.39, 0.29) is 23.6 Å². The van der Waals surface area contributed by atoms with Crippen LogP contribution in [0.5, 0.6) is 5.75 Å². The highest BCUT2D eigenvalue weighted by Gasteiger charge is 2.54. The van der Waals surface area contributed by atoms with Gasteiger partial charge in [-0.3, -0.25) is 14.5 Å². The minimum atomic E-state index is -1.34. The number of benzene rings is 1. The molecule has 1 saturated heterocycles. The van der Waals surface area contributed by atoms with E-state index in [2.05, 4.69) is 5.32 Å². The number of carboxylic acid groups (broad SMARTS) is 1. The molecule has 1 aromatic rings. The van der Waals surface area contributed by atoms with Crippen molar-refractivity contribution in [2.75, 3.05) is 19.0 Å². The quantitative estimate of drug-likeness (QED) is 0.722. The lowest BCUT2D eigenvalue weighted by molar-refractivity contribution is -0.151. The average molecular weight is 366 g/mol. The van der Waals surface area contributed by atoms with Crippen molar-refractivity contribution in [2.45, 2.75) is 11.4 Å². The third-order valence-electron chi connectivity index (χ3n) is 3.84. The Labute approximate surface area is 146 Å². The lowest BCUT2D eigenvalue weighted by Gasteiger charge is -2.49. The molecule has 2 amide bonds. The van der Waals surface area contributed by atoms with Crippen LogP contribution in [-0.2, 0) is 14.4 Å². The zero-order valence-electron chi connectivity index (χ0n) is 13.0. The first-order valence-electron chi connectivity index (χ1n) is 7.46. The summed E-state index contributed by atoms with van der Waals surface area (Å²) in [6.07, 6.45) is 0. The summed E-state index contributed by atoms with van der Waals surface area (Å²) in [6, 6.07) is 7.90. The van der Waals surface area contributed by atoms with Crippen LogP contribution in [-0.4, -0.2) is 58.2 Å². The number of alkyl halides is 1. The van der Waals surface area contributed by atoms with E-state index in [4.69, 9.17) is 4.74 Å². The zero-order valence-corrected chi connectivity index (χ0v) is 13.8. The van der Waals surface area contributed by atoms with Gasteiger partial charge in [-0.1, -0.05) is 18.2 Å². The number of thioether (sulfide) groups is 1. The van der Waals surface area contributed by atoms with Gasteiger partial charge < -0.3 is 15.2 Å². The van der Waals surface area contributed by atoms with E-state index in [0.717, 1.165) is 4.90 Å². The number of nitrogens with zero attached hydrogens (tertiary/aromatic N) is 1. The van der Waals surface area contributed by atoms with Gasteiger partial charge in [0.15, 0.2) is 6.61 Å². The van der Waals surface area contributed by atoms with Crippen LogP contribution in [0.3, 0.4) is 0 Å². The molecule has 132 valence electrons. The number of carbonyl (C=O) groups is 3. The van der Waals surface area contributed by atoms with E-state index in [1.807, 2.05) is 6.07 Å². The predicted molar refractivity (Wildman–Crippen MR) is 87.6 cm³/mol. The summed E-state index contributed by atoms with van der Waals surface area (Å²) in [7, 11) is 0. The number of para-hydroxylation sites is 1. The molecule has 0 aliphatic carbocycles. The first kappa shape index (κ1) is 17.3. The number of β-lactam (4-membered cyclic amide) rings is 1.